The molecule has 2 rings (SSSR count). The van der Waals surface area contributed by atoms with E-state index in [1.54, 1.807) is 0 Å². The lowest BCUT2D eigenvalue weighted by Gasteiger charge is -2.36. The van der Waals surface area contributed by atoms with Crippen LogP contribution in [0.2, 0.25) is 0 Å². The number of hydrogen-bond acceptors (Lipinski definition) is 3. The number of aliphatic hydroxyl groups is 1. The van der Waals surface area contributed by atoms with E-state index in [1.807, 2.05) is 30.3 Å². The van der Waals surface area contributed by atoms with Crippen LogP contribution < -0.4 is 5.59 Å². The zero-order valence-corrected chi connectivity index (χ0v) is 11.7. The largest absolute Gasteiger partial charge is 0.479 e. The van der Waals surface area contributed by atoms with Gasteiger partial charge in [0.1, 0.15) is 0 Å². The van der Waals surface area contributed by atoms with Gasteiger partial charge in [0.05, 0.1) is 5.60 Å². The minimum atomic E-state index is -1.73. The van der Waals surface area contributed by atoms with Gasteiger partial charge in [0.25, 0.3) is 0 Å². The maximum Gasteiger partial charge on any atom is 0.349 e. The second-order valence-corrected chi connectivity index (χ2v) is 5.45. The topological polar surface area (TPSA) is 82.5 Å². The van der Waals surface area contributed by atoms with Crippen LogP contribution in [-0.4, -0.2) is 39.9 Å². The van der Waals surface area contributed by atoms with Crippen LogP contribution in [0.3, 0.4) is 0 Å². The summed E-state index contributed by atoms with van der Waals surface area (Å²) in [6.45, 7) is 4.15. The van der Waals surface area contributed by atoms with Gasteiger partial charge in [0.2, 0.25) is 0 Å². The van der Waals surface area contributed by atoms with E-state index in [2.05, 4.69) is 4.98 Å². The molecule has 3 N–H and O–H groups in total. The van der Waals surface area contributed by atoms with Crippen molar-refractivity contribution < 1.29 is 19.7 Å². The predicted molar refractivity (Wildman–Crippen MR) is 77.1 cm³/mol. The first kappa shape index (κ1) is 14.6. The highest BCUT2D eigenvalue weighted by Crippen LogP contribution is 2.25. The summed E-state index contributed by atoms with van der Waals surface area (Å²) in [5, 5.41) is 20.3. The Balaban J connectivity index is 2.19. The highest BCUT2D eigenvalue weighted by molar-refractivity contribution is 6.47. The number of carbonyl (C=O) groups is 1. The van der Waals surface area contributed by atoms with Gasteiger partial charge in [-0.05, 0) is 38.3 Å². The Morgan fingerprint density at radius 3 is 2.50 bits per heavy atom. The molecule has 105 valence electrons. The number of hydrogen-bond donors (Lipinski definition) is 3. The van der Waals surface area contributed by atoms with Crippen molar-refractivity contribution >= 4 is 29.9 Å². The van der Waals surface area contributed by atoms with Gasteiger partial charge in [-0.2, -0.15) is 0 Å². The number of nitrogens with one attached hydrogen (secondary N) is 1. The molecule has 1 aromatic heterocycles. The Labute approximate surface area is 117 Å². The third-order valence-electron chi connectivity index (χ3n) is 3.55. The van der Waals surface area contributed by atoms with Crippen molar-refractivity contribution in [3.8, 4) is 0 Å². The fraction of sp³-hybridized carbons (Fsp3) is 0.357. The number of H-pyrrole nitrogens is 1. The lowest BCUT2D eigenvalue weighted by atomic mass is 9.84. The number of aromatic amines is 1. The van der Waals surface area contributed by atoms with Crippen LogP contribution >= 0.6 is 0 Å². The second kappa shape index (κ2) is 4.96. The molecule has 0 aliphatic heterocycles. The van der Waals surface area contributed by atoms with Crippen molar-refractivity contribution in [3.63, 3.8) is 0 Å². The molecule has 0 aliphatic carbocycles. The van der Waals surface area contributed by atoms with Gasteiger partial charge in [-0.3, -0.25) is 0 Å². The number of aliphatic carboxylic acids is 1. The summed E-state index contributed by atoms with van der Waals surface area (Å²) in [5.41, 5.74) is -1.68. The SMILES string of the molecule is CC(C)(O)C(C)(O[B]c1cc2ccccc2[nH]1)C(=O)O. The Morgan fingerprint density at radius 1 is 1.30 bits per heavy atom. The van der Waals surface area contributed by atoms with E-state index < -0.39 is 17.2 Å². The van der Waals surface area contributed by atoms with E-state index in [9.17, 15) is 15.0 Å². The van der Waals surface area contributed by atoms with Crippen LogP contribution in [-0.2, 0) is 9.45 Å². The predicted octanol–water partition coefficient (Wildman–Crippen LogP) is 1.04. The average Bonchev–Trinajstić information content (AvgIpc) is 2.76. The lowest BCUT2D eigenvalue weighted by molar-refractivity contribution is -0.175. The zero-order chi connectivity index (χ0) is 15.0. The number of rotatable bonds is 5. The summed E-state index contributed by atoms with van der Waals surface area (Å²) in [6.07, 6.45) is 0. The average molecular weight is 274 g/mol. The molecule has 0 saturated carbocycles. The van der Waals surface area contributed by atoms with E-state index in [4.69, 9.17) is 4.65 Å². The molecule has 0 fully saturated rings. The zero-order valence-electron chi connectivity index (χ0n) is 11.7. The molecule has 0 bridgehead atoms. The standard InChI is InChI=1S/C14H17BNO4/c1-13(2,19)14(3,12(17)18)20-15-11-8-9-6-4-5-7-10(9)16-11/h4-8,16,19H,1-3H3,(H,17,18). The fourth-order valence-electron chi connectivity index (χ4n) is 1.80. The van der Waals surface area contributed by atoms with Crippen LogP contribution in [0, 0.1) is 0 Å². The van der Waals surface area contributed by atoms with Crippen LogP contribution in [0.25, 0.3) is 10.9 Å². The molecule has 0 aliphatic rings. The Morgan fingerprint density at radius 2 is 1.95 bits per heavy atom. The molecule has 20 heavy (non-hydrogen) atoms. The van der Waals surface area contributed by atoms with Crippen LogP contribution in [0.15, 0.2) is 30.3 Å². The van der Waals surface area contributed by atoms with Crippen molar-refractivity contribution in [3.05, 3.63) is 30.3 Å². The minimum Gasteiger partial charge on any atom is -0.479 e. The van der Waals surface area contributed by atoms with Crippen molar-refractivity contribution in [2.45, 2.75) is 32.0 Å². The van der Waals surface area contributed by atoms with E-state index in [1.165, 1.54) is 28.3 Å². The molecule has 0 saturated heterocycles. The van der Waals surface area contributed by atoms with Crippen LogP contribution in [0.4, 0.5) is 0 Å². The van der Waals surface area contributed by atoms with Crippen molar-refractivity contribution in [2.75, 3.05) is 0 Å². The van der Waals surface area contributed by atoms with Gasteiger partial charge in [-0.1, -0.05) is 18.2 Å². The molecule has 1 heterocycles. The first-order valence-electron chi connectivity index (χ1n) is 6.28. The number of para-hydroxylation sites is 1. The van der Waals surface area contributed by atoms with Gasteiger partial charge >= 0.3 is 13.5 Å². The summed E-state index contributed by atoms with van der Waals surface area (Å²) < 4.78 is 5.37. The van der Waals surface area contributed by atoms with Crippen LogP contribution in [0.1, 0.15) is 20.8 Å². The molecule has 0 amide bonds. The number of fused-ring (bicyclic) bond motifs is 1. The van der Waals surface area contributed by atoms with Gasteiger partial charge in [0, 0.05) is 11.1 Å². The lowest BCUT2D eigenvalue weighted by Crippen LogP contribution is -2.57. The fourth-order valence-corrected chi connectivity index (χ4v) is 1.80. The number of aromatic nitrogens is 1. The summed E-state index contributed by atoms with van der Waals surface area (Å²) in [4.78, 5) is 14.4. The van der Waals surface area contributed by atoms with Crippen molar-refractivity contribution in [2.24, 2.45) is 0 Å². The van der Waals surface area contributed by atoms with Gasteiger partial charge in [-0.15, -0.1) is 0 Å². The minimum absolute atomic E-state index is 0.642. The summed E-state index contributed by atoms with van der Waals surface area (Å²) in [5.74, 6) is -1.22. The third-order valence-corrected chi connectivity index (χ3v) is 3.55. The van der Waals surface area contributed by atoms with Crippen molar-refractivity contribution in [1.29, 1.82) is 0 Å². The highest BCUT2D eigenvalue weighted by Gasteiger charge is 2.47. The molecule has 1 aromatic carbocycles. The molecular formula is C14H17BNO4. The van der Waals surface area contributed by atoms with E-state index in [0.29, 0.717) is 5.59 Å². The number of benzene rings is 1. The summed E-state index contributed by atoms with van der Waals surface area (Å²) >= 11 is 0. The second-order valence-electron chi connectivity index (χ2n) is 5.45. The Bertz CT molecular complexity index is 598. The molecule has 6 heteroatoms. The first-order chi connectivity index (χ1) is 9.24. The van der Waals surface area contributed by atoms with Crippen molar-refractivity contribution in [1.82, 2.24) is 4.98 Å². The van der Waals surface area contributed by atoms with Gasteiger partial charge < -0.3 is 19.9 Å². The smallest absolute Gasteiger partial charge is 0.349 e. The molecule has 1 unspecified atom stereocenters. The Kier molecular flexibility index (Phi) is 3.62. The molecule has 0 spiro atoms. The molecule has 1 atom stereocenters. The summed E-state index contributed by atoms with van der Waals surface area (Å²) in [6, 6.07) is 9.53. The molecule has 1 radical (unpaired) electrons. The highest BCUT2D eigenvalue weighted by atomic mass is 16.5. The number of carboxylic acid groups (broad SMARTS) is 1. The first-order valence-corrected chi connectivity index (χ1v) is 6.28. The van der Waals surface area contributed by atoms with Gasteiger partial charge in [-0.25, -0.2) is 4.79 Å². The third kappa shape index (κ3) is 2.57. The quantitative estimate of drug-likeness (QED) is 0.711. The molecular weight excluding hydrogens is 257 g/mol. The van der Waals surface area contributed by atoms with E-state index in [-0.39, 0.29) is 0 Å². The van der Waals surface area contributed by atoms with Crippen LogP contribution in [0.5, 0.6) is 0 Å². The monoisotopic (exact) mass is 274 g/mol. The normalized spacial score (nSPS) is 15.0. The maximum absolute atomic E-state index is 11.3. The van der Waals surface area contributed by atoms with Gasteiger partial charge in [0.15, 0.2) is 5.60 Å². The maximum atomic E-state index is 11.3. The van der Waals surface area contributed by atoms with E-state index >= 15 is 0 Å². The number of carboxylic acids is 1. The molecule has 2 aromatic rings. The summed E-state index contributed by atoms with van der Waals surface area (Å²) in [7, 11) is 1.33. The van der Waals surface area contributed by atoms with E-state index in [0.717, 1.165) is 10.9 Å². The Hall–Kier alpha value is -1.79. The molecule has 5 nitrogen and oxygen atoms in total.